The standard InChI is InChI=1S/C31H53N3O6SSi/c1-23(2)16-17-24(33-41(36,37)27-15-12-14-26-25(27)18-19-32-28(26)38-9)22-34(29(35)40-30(3,4)5)20-13-21-39-42(10,11)31(6,7)8/h12,14-15,18-19,23-24,33H,13,16-17,20-22H2,1-11H3/t24-/m1/s1. The largest absolute Gasteiger partial charge is 0.481 e. The fourth-order valence-corrected chi connectivity index (χ4v) is 6.77. The summed E-state index contributed by atoms with van der Waals surface area (Å²) in [6.45, 7) is 21.7. The number of amides is 1. The topological polar surface area (TPSA) is 107 Å². The number of methoxy groups -OCH3 is 1. The molecule has 1 atom stereocenters. The molecule has 42 heavy (non-hydrogen) atoms. The fraction of sp³-hybridized carbons (Fsp3) is 0.677. The van der Waals surface area contributed by atoms with Gasteiger partial charge in [0.05, 0.1) is 12.0 Å². The molecule has 238 valence electrons. The van der Waals surface area contributed by atoms with E-state index in [0.717, 1.165) is 6.42 Å². The van der Waals surface area contributed by atoms with E-state index in [2.05, 4.69) is 57.4 Å². The van der Waals surface area contributed by atoms with Crippen LogP contribution in [0.5, 0.6) is 5.88 Å². The first kappa shape index (κ1) is 36.0. The Morgan fingerprint density at radius 3 is 2.29 bits per heavy atom. The van der Waals surface area contributed by atoms with E-state index >= 15 is 0 Å². The Labute approximate surface area is 254 Å². The van der Waals surface area contributed by atoms with Gasteiger partial charge in [0.2, 0.25) is 15.9 Å². The molecule has 0 aliphatic rings. The van der Waals surface area contributed by atoms with Crippen LogP contribution in [-0.2, 0) is 19.2 Å². The van der Waals surface area contributed by atoms with Gasteiger partial charge in [-0.05, 0) is 82.3 Å². The lowest BCUT2D eigenvalue weighted by molar-refractivity contribution is 0.0224. The Kier molecular flexibility index (Phi) is 12.4. The number of benzene rings is 1. The Balaban J connectivity index is 2.34. The molecule has 9 nitrogen and oxygen atoms in total. The number of pyridine rings is 1. The van der Waals surface area contributed by atoms with E-state index in [0.29, 0.717) is 48.6 Å². The molecular formula is C31H53N3O6SSi. The Hall–Kier alpha value is -2.21. The lowest BCUT2D eigenvalue weighted by atomic mass is 10.0. The van der Waals surface area contributed by atoms with Crippen LogP contribution in [0.3, 0.4) is 0 Å². The summed E-state index contributed by atoms with van der Waals surface area (Å²) in [7, 11) is -4.39. The van der Waals surface area contributed by atoms with Gasteiger partial charge in [-0.2, -0.15) is 0 Å². The number of nitrogens with one attached hydrogen (secondary N) is 1. The number of sulfonamides is 1. The van der Waals surface area contributed by atoms with E-state index in [-0.39, 0.29) is 16.5 Å². The van der Waals surface area contributed by atoms with Crippen LogP contribution >= 0.6 is 0 Å². The number of hydrogen-bond donors (Lipinski definition) is 1. The zero-order valence-corrected chi connectivity index (χ0v) is 29.4. The third-order valence-electron chi connectivity index (χ3n) is 7.56. The summed E-state index contributed by atoms with van der Waals surface area (Å²) in [4.78, 5) is 19.3. The average Bonchev–Trinajstić information content (AvgIpc) is 2.86. The summed E-state index contributed by atoms with van der Waals surface area (Å²) in [6, 6.07) is 6.19. The molecule has 1 aromatic heterocycles. The number of hydrogen-bond acceptors (Lipinski definition) is 7. The van der Waals surface area contributed by atoms with E-state index in [1.54, 1.807) is 29.2 Å². The summed E-state index contributed by atoms with van der Waals surface area (Å²) < 4.78 is 48.0. The molecule has 1 heterocycles. The summed E-state index contributed by atoms with van der Waals surface area (Å²) >= 11 is 0. The lowest BCUT2D eigenvalue weighted by Crippen LogP contribution is -2.48. The van der Waals surface area contributed by atoms with Gasteiger partial charge in [0.15, 0.2) is 8.32 Å². The van der Waals surface area contributed by atoms with Gasteiger partial charge in [0.25, 0.3) is 0 Å². The van der Waals surface area contributed by atoms with Gasteiger partial charge >= 0.3 is 6.09 Å². The van der Waals surface area contributed by atoms with E-state index in [1.807, 2.05) is 20.8 Å². The van der Waals surface area contributed by atoms with Crippen molar-refractivity contribution < 1.29 is 27.1 Å². The molecule has 1 N–H and O–H groups in total. The van der Waals surface area contributed by atoms with Crippen LogP contribution in [0.4, 0.5) is 4.79 Å². The quantitative estimate of drug-likeness (QED) is 0.179. The van der Waals surface area contributed by atoms with Gasteiger partial charge in [-0.25, -0.2) is 22.9 Å². The summed E-state index contributed by atoms with van der Waals surface area (Å²) in [5, 5.41) is 1.21. The molecular weight excluding hydrogens is 571 g/mol. The highest BCUT2D eigenvalue weighted by Crippen LogP contribution is 2.36. The van der Waals surface area contributed by atoms with Gasteiger partial charge in [-0.1, -0.05) is 40.7 Å². The zero-order valence-electron chi connectivity index (χ0n) is 27.5. The van der Waals surface area contributed by atoms with Crippen LogP contribution in [0.25, 0.3) is 10.8 Å². The van der Waals surface area contributed by atoms with E-state index < -0.39 is 36.1 Å². The molecule has 11 heteroatoms. The molecule has 0 unspecified atom stereocenters. The van der Waals surface area contributed by atoms with Crippen molar-refractivity contribution in [2.24, 2.45) is 5.92 Å². The SMILES string of the molecule is COc1nccc2c(S(=O)(=O)N[C@H](CCC(C)C)CN(CCCO[Si](C)(C)C(C)(C)C)C(=O)OC(C)(C)C)cccc12. The predicted octanol–water partition coefficient (Wildman–Crippen LogP) is 6.98. The fourth-order valence-electron chi connectivity index (χ4n) is 4.20. The molecule has 2 rings (SSSR count). The van der Waals surface area contributed by atoms with Crippen molar-refractivity contribution in [2.45, 2.75) is 109 Å². The van der Waals surface area contributed by atoms with Crippen molar-refractivity contribution in [3.63, 3.8) is 0 Å². The van der Waals surface area contributed by atoms with Crippen molar-refractivity contribution in [3.8, 4) is 5.88 Å². The Morgan fingerprint density at radius 1 is 1.05 bits per heavy atom. The summed E-state index contributed by atoms with van der Waals surface area (Å²) in [5.74, 6) is 0.717. The van der Waals surface area contributed by atoms with Crippen molar-refractivity contribution in [3.05, 3.63) is 30.5 Å². The van der Waals surface area contributed by atoms with Crippen molar-refractivity contribution in [2.75, 3.05) is 26.8 Å². The lowest BCUT2D eigenvalue weighted by Gasteiger charge is -2.36. The summed E-state index contributed by atoms with van der Waals surface area (Å²) in [5.41, 5.74) is -0.685. The molecule has 0 spiro atoms. The molecule has 0 saturated carbocycles. The maximum Gasteiger partial charge on any atom is 0.410 e. The van der Waals surface area contributed by atoms with Crippen LogP contribution in [-0.4, -0.2) is 71.2 Å². The summed E-state index contributed by atoms with van der Waals surface area (Å²) in [6.07, 6.45) is 3.03. The van der Waals surface area contributed by atoms with Crippen LogP contribution in [0.15, 0.2) is 35.4 Å². The Bertz CT molecular complexity index is 1290. The highest BCUT2D eigenvalue weighted by Gasteiger charge is 2.37. The minimum Gasteiger partial charge on any atom is -0.481 e. The molecule has 1 amide bonds. The third kappa shape index (κ3) is 10.5. The van der Waals surface area contributed by atoms with Crippen LogP contribution in [0.2, 0.25) is 18.1 Å². The number of rotatable bonds is 14. The normalized spacial score (nSPS) is 13.8. The first-order valence-electron chi connectivity index (χ1n) is 14.8. The molecule has 2 aromatic rings. The second-order valence-corrected chi connectivity index (χ2v) is 20.3. The first-order chi connectivity index (χ1) is 19.3. The van der Waals surface area contributed by atoms with Gasteiger partial charge in [0.1, 0.15) is 5.60 Å². The number of aromatic nitrogens is 1. The molecule has 0 radical (unpaired) electrons. The van der Waals surface area contributed by atoms with Crippen LogP contribution in [0, 0.1) is 5.92 Å². The highest BCUT2D eigenvalue weighted by molar-refractivity contribution is 7.89. The van der Waals surface area contributed by atoms with Crippen molar-refractivity contribution in [1.29, 1.82) is 0 Å². The van der Waals surface area contributed by atoms with Crippen LogP contribution < -0.4 is 9.46 Å². The number of carbonyl (C=O) groups is 1. The Morgan fingerprint density at radius 2 is 1.71 bits per heavy atom. The van der Waals surface area contributed by atoms with Gasteiger partial charge in [0, 0.05) is 42.7 Å². The second-order valence-electron chi connectivity index (χ2n) is 13.8. The highest BCUT2D eigenvalue weighted by atomic mass is 32.2. The molecule has 0 fully saturated rings. The first-order valence-corrected chi connectivity index (χ1v) is 19.2. The molecule has 0 bridgehead atoms. The van der Waals surface area contributed by atoms with Crippen LogP contribution in [0.1, 0.15) is 74.7 Å². The minimum atomic E-state index is -3.96. The third-order valence-corrected chi connectivity index (χ3v) is 13.7. The average molecular weight is 624 g/mol. The van der Waals surface area contributed by atoms with Gasteiger partial charge in [-0.15, -0.1) is 0 Å². The van der Waals surface area contributed by atoms with E-state index in [4.69, 9.17) is 13.9 Å². The maximum atomic E-state index is 13.8. The van der Waals surface area contributed by atoms with E-state index in [9.17, 15) is 13.2 Å². The number of carbonyl (C=O) groups excluding carboxylic acids is 1. The molecule has 0 aliphatic heterocycles. The van der Waals surface area contributed by atoms with E-state index in [1.165, 1.54) is 13.3 Å². The number of nitrogens with zero attached hydrogens (tertiary/aromatic N) is 2. The number of fused-ring (bicyclic) bond motifs is 1. The van der Waals surface area contributed by atoms with Crippen molar-refractivity contribution in [1.82, 2.24) is 14.6 Å². The zero-order chi connectivity index (χ0) is 31.9. The monoisotopic (exact) mass is 623 g/mol. The minimum absolute atomic E-state index is 0.0831. The second kappa shape index (κ2) is 14.5. The smallest absolute Gasteiger partial charge is 0.410 e. The number of ether oxygens (including phenoxy) is 2. The predicted molar refractivity (Wildman–Crippen MR) is 172 cm³/mol. The van der Waals surface area contributed by atoms with Crippen molar-refractivity contribution >= 4 is 35.2 Å². The molecule has 1 aromatic carbocycles. The molecule has 0 aliphatic carbocycles. The molecule has 0 saturated heterocycles. The van der Waals surface area contributed by atoms with Gasteiger partial charge in [-0.3, -0.25) is 0 Å². The maximum absolute atomic E-state index is 13.8. The van der Waals surface area contributed by atoms with Gasteiger partial charge < -0.3 is 18.8 Å².